The molecule has 0 N–H and O–H groups in total. The molecule has 0 aliphatic heterocycles. The molecule has 0 spiro atoms. The van der Waals surface area contributed by atoms with Gasteiger partial charge in [-0.2, -0.15) is 0 Å². The lowest BCUT2D eigenvalue weighted by Crippen LogP contribution is -2.16. The lowest BCUT2D eigenvalue weighted by molar-refractivity contribution is 0.417. The molecule has 0 aliphatic carbocycles. The summed E-state index contributed by atoms with van der Waals surface area (Å²) < 4.78 is 0. The number of hydrogen-bond donors (Lipinski definition) is 0. The zero-order chi connectivity index (χ0) is 6.41. The molecule has 0 amide bonds. The van der Waals surface area contributed by atoms with E-state index in [1.54, 1.807) is 6.08 Å². The van der Waals surface area contributed by atoms with Gasteiger partial charge in [-0.3, -0.25) is 0 Å². The van der Waals surface area contributed by atoms with Crippen LogP contribution in [0.25, 0.3) is 0 Å². The molecule has 8 heavy (non-hydrogen) atoms. The quantitative estimate of drug-likeness (QED) is 0.407. The van der Waals surface area contributed by atoms with E-state index in [4.69, 9.17) is 0 Å². The van der Waals surface area contributed by atoms with Crippen LogP contribution in [0.1, 0.15) is 13.3 Å². The highest BCUT2D eigenvalue weighted by molar-refractivity contribution is 4.72. The molecular weight excluding hydrogens is 102 g/mol. The molecule has 0 saturated heterocycles. The van der Waals surface area contributed by atoms with Crippen LogP contribution < -0.4 is 0 Å². The van der Waals surface area contributed by atoms with Crippen molar-refractivity contribution in [1.82, 2.24) is 5.06 Å². The summed E-state index contributed by atoms with van der Waals surface area (Å²) in [5.74, 6) is 0. The van der Waals surface area contributed by atoms with E-state index in [2.05, 4.69) is 6.58 Å². The van der Waals surface area contributed by atoms with Gasteiger partial charge in [0.25, 0.3) is 0 Å². The summed E-state index contributed by atoms with van der Waals surface area (Å²) in [5.41, 5.74) is 0. The topological polar surface area (TPSA) is 26.3 Å². The minimum atomic E-state index is 0.452. The molecule has 0 saturated carbocycles. The van der Waals surface area contributed by atoms with E-state index in [-0.39, 0.29) is 0 Å². The molecule has 0 aromatic rings. The van der Waals surface area contributed by atoms with Crippen molar-refractivity contribution in [2.24, 2.45) is 0 Å². The van der Waals surface area contributed by atoms with Crippen molar-refractivity contribution in [2.75, 3.05) is 13.1 Å². The number of nitrogens with zero attached hydrogens (tertiary/aromatic N) is 1. The maximum atomic E-state index is 10.5. The van der Waals surface area contributed by atoms with Crippen molar-refractivity contribution in [3.8, 4) is 0 Å². The molecule has 0 unspecified atom stereocenters. The van der Waals surface area contributed by atoms with Crippen molar-refractivity contribution in [3.63, 3.8) is 0 Å². The summed E-state index contributed by atoms with van der Waals surface area (Å²) in [6.45, 7) is 6.49. The Kier molecular flexibility index (Phi) is 4.61. The van der Waals surface area contributed by atoms with Crippen molar-refractivity contribution < 1.29 is 0 Å². The molecule has 2 nitrogen and oxygen atoms in total. The average molecular weight is 114 g/mol. The Morgan fingerprint density at radius 2 is 2.38 bits per heavy atom. The first kappa shape index (κ1) is 7.66. The van der Waals surface area contributed by atoms with E-state index >= 15 is 0 Å². The standard InChI is InChI=1S/C6H12NO/c1-3-5-7(8)6-4-2/h3H,1,4-6H2,2H3/q-1. The molecule has 2 heteroatoms. The van der Waals surface area contributed by atoms with E-state index in [0.29, 0.717) is 13.1 Å². The highest BCUT2D eigenvalue weighted by Crippen LogP contribution is 1.85. The monoisotopic (exact) mass is 114 g/mol. The van der Waals surface area contributed by atoms with Gasteiger partial charge in [0, 0.05) is 6.54 Å². The van der Waals surface area contributed by atoms with Crippen LogP contribution in [0.3, 0.4) is 0 Å². The van der Waals surface area contributed by atoms with Crippen molar-refractivity contribution in [1.29, 1.82) is 0 Å². The van der Waals surface area contributed by atoms with Gasteiger partial charge in [-0.15, -0.1) is 6.58 Å². The molecule has 0 aromatic carbocycles. The fraction of sp³-hybridized carbons (Fsp3) is 0.667. The summed E-state index contributed by atoms with van der Waals surface area (Å²) >= 11 is 0. The molecular formula is C6H12NO-. The Hall–Kier alpha value is -0.340. The van der Waals surface area contributed by atoms with Crippen molar-refractivity contribution in [3.05, 3.63) is 17.9 Å². The van der Waals surface area contributed by atoms with Gasteiger partial charge >= 0.3 is 0 Å². The summed E-state index contributed by atoms with van der Waals surface area (Å²) in [5, 5.41) is 11.5. The van der Waals surface area contributed by atoms with Crippen molar-refractivity contribution >= 4 is 0 Å². The number of rotatable bonds is 4. The van der Waals surface area contributed by atoms with Crippen LogP contribution in [0.15, 0.2) is 12.7 Å². The molecule has 0 bridgehead atoms. The summed E-state index contributed by atoms with van der Waals surface area (Å²) in [7, 11) is 0. The summed E-state index contributed by atoms with van der Waals surface area (Å²) in [4.78, 5) is 0. The van der Waals surface area contributed by atoms with Crippen molar-refractivity contribution in [2.45, 2.75) is 13.3 Å². The summed E-state index contributed by atoms with van der Waals surface area (Å²) in [6.07, 6.45) is 2.53. The normalized spacial score (nSPS) is 9.88. The Balaban J connectivity index is 3.03. The van der Waals surface area contributed by atoms with Gasteiger partial charge in [0.2, 0.25) is 0 Å². The third kappa shape index (κ3) is 3.84. The first-order valence-electron chi connectivity index (χ1n) is 2.84. The van der Waals surface area contributed by atoms with Gasteiger partial charge in [-0.05, 0) is 13.0 Å². The minimum absolute atomic E-state index is 0.452. The Bertz CT molecular complexity index is 63.5. The Morgan fingerprint density at radius 3 is 2.75 bits per heavy atom. The molecule has 0 aliphatic rings. The molecule has 48 valence electrons. The van der Waals surface area contributed by atoms with E-state index in [1.807, 2.05) is 6.92 Å². The third-order valence-corrected chi connectivity index (χ3v) is 0.806. The van der Waals surface area contributed by atoms with Crippen LogP contribution in [0.5, 0.6) is 0 Å². The van der Waals surface area contributed by atoms with Gasteiger partial charge < -0.3 is 10.3 Å². The Labute approximate surface area is 50.4 Å². The van der Waals surface area contributed by atoms with E-state index < -0.39 is 0 Å². The largest absolute Gasteiger partial charge is 0.785 e. The van der Waals surface area contributed by atoms with E-state index in [1.165, 1.54) is 0 Å². The van der Waals surface area contributed by atoms with Crippen LogP contribution in [0.2, 0.25) is 0 Å². The van der Waals surface area contributed by atoms with Crippen LogP contribution in [-0.4, -0.2) is 18.2 Å². The molecule has 0 atom stereocenters. The molecule has 0 heterocycles. The predicted octanol–water partition coefficient (Wildman–Crippen LogP) is 1.38. The van der Waals surface area contributed by atoms with Gasteiger partial charge in [-0.1, -0.05) is 13.0 Å². The second-order valence-electron chi connectivity index (χ2n) is 1.68. The van der Waals surface area contributed by atoms with E-state index in [0.717, 1.165) is 11.5 Å². The van der Waals surface area contributed by atoms with Gasteiger partial charge in [0.1, 0.15) is 0 Å². The maximum Gasteiger partial charge on any atom is 0.00393 e. The first-order chi connectivity index (χ1) is 3.81. The zero-order valence-corrected chi connectivity index (χ0v) is 5.26. The van der Waals surface area contributed by atoms with Gasteiger partial charge in [0.05, 0.1) is 0 Å². The van der Waals surface area contributed by atoms with Crippen LogP contribution in [0.4, 0.5) is 0 Å². The zero-order valence-electron chi connectivity index (χ0n) is 5.26. The highest BCUT2D eigenvalue weighted by Gasteiger charge is 1.81. The van der Waals surface area contributed by atoms with Crippen LogP contribution in [0, 0.1) is 5.21 Å². The second kappa shape index (κ2) is 4.81. The van der Waals surface area contributed by atoms with Crippen LogP contribution in [-0.2, 0) is 0 Å². The van der Waals surface area contributed by atoms with Gasteiger partial charge in [-0.25, -0.2) is 0 Å². The molecule has 0 fully saturated rings. The lowest BCUT2D eigenvalue weighted by atomic mass is 10.4. The lowest BCUT2D eigenvalue weighted by Gasteiger charge is -2.25. The second-order valence-corrected chi connectivity index (χ2v) is 1.68. The molecule has 0 rings (SSSR count). The fourth-order valence-electron chi connectivity index (χ4n) is 0.485. The predicted molar refractivity (Wildman–Crippen MR) is 35.4 cm³/mol. The average Bonchev–Trinajstić information content (AvgIpc) is 1.68. The third-order valence-electron chi connectivity index (χ3n) is 0.806. The highest BCUT2D eigenvalue weighted by atomic mass is 16.5. The fourth-order valence-corrected chi connectivity index (χ4v) is 0.485. The van der Waals surface area contributed by atoms with Crippen LogP contribution >= 0.6 is 0 Å². The van der Waals surface area contributed by atoms with E-state index in [9.17, 15) is 5.21 Å². The van der Waals surface area contributed by atoms with Gasteiger partial charge in [0.15, 0.2) is 0 Å². The maximum absolute atomic E-state index is 10.5. The number of hydroxylamine groups is 2. The molecule has 0 radical (unpaired) electrons. The summed E-state index contributed by atoms with van der Waals surface area (Å²) in [6, 6.07) is 0. The SMILES string of the molecule is C=CCN([O-])CCC. The first-order valence-corrected chi connectivity index (χ1v) is 2.84. The minimum Gasteiger partial charge on any atom is -0.785 e. The number of hydrogen-bond acceptors (Lipinski definition) is 2. The smallest absolute Gasteiger partial charge is 0.00393 e. The Morgan fingerprint density at radius 1 is 1.75 bits per heavy atom. The molecule has 0 aromatic heterocycles.